The van der Waals surface area contributed by atoms with E-state index >= 15 is 0 Å². The topological polar surface area (TPSA) is 25.8 Å². The molecule has 8 rings (SSSR count). The maximum Gasteiger partial charge on any atom is 0.0798 e. The second-order valence-electron chi connectivity index (χ2n) is 14.6. The van der Waals surface area contributed by atoms with Crippen molar-refractivity contribution < 1.29 is 20.1 Å². The molecule has 50 heavy (non-hydrogen) atoms. The Balaban J connectivity index is 0.000000182. The Morgan fingerprint density at radius 3 is 2.38 bits per heavy atom. The molecule has 0 bridgehead atoms. The summed E-state index contributed by atoms with van der Waals surface area (Å²) in [7, 11) is -1.34. The van der Waals surface area contributed by atoms with Crippen molar-refractivity contribution in [2.75, 3.05) is 0 Å². The largest absolute Gasteiger partial charge is 0.305 e. The number of thiophene rings is 1. The summed E-state index contributed by atoms with van der Waals surface area (Å²) in [6, 6.07) is 41.0. The average Bonchev–Trinajstić information content (AvgIpc) is 3.51. The number of fused-ring (bicyclic) bond motifs is 4. The molecule has 7 aromatic rings. The number of rotatable bonds is 6. The number of aryl methyl sites for hydroxylation is 1. The van der Waals surface area contributed by atoms with Gasteiger partial charge in [-0.3, -0.25) is 0 Å². The van der Waals surface area contributed by atoms with E-state index in [4.69, 9.17) is 4.98 Å². The number of pyridine rings is 2. The van der Waals surface area contributed by atoms with Gasteiger partial charge in [0, 0.05) is 37.2 Å². The smallest absolute Gasteiger partial charge is 0.0798 e. The summed E-state index contributed by atoms with van der Waals surface area (Å²) >= 11 is 1.87. The first-order valence-electron chi connectivity index (χ1n) is 17.6. The van der Waals surface area contributed by atoms with Crippen molar-refractivity contribution in [1.82, 2.24) is 9.97 Å². The van der Waals surface area contributed by atoms with Gasteiger partial charge in [-0.05, 0) is 87.9 Å². The van der Waals surface area contributed by atoms with Crippen molar-refractivity contribution in [2.24, 2.45) is 5.92 Å². The molecule has 0 unspecified atom stereocenters. The molecule has 5 heteroatoms. The molecule has 1 aliphatic carbocycles. The molecule has 0 aliphatic heterocycles. The predicted octanol–water partition coefficient (Wildman–Crippen LogP) is 11.8. The second-order valence-corrected chi connectivity index (χ2v) is 20.7. The Morgan fingerprint density at radius 1 is 0.820 bits per heavy atom. The molecule has 2 nitrogen and oxygen atoms in total. The standard InChI is InChI=1S/C27H20NS.C18H24NSi.Ir/c1-2-8-18(9-3-1)20-12-7-15-24-25(20)22-13-6-14-23(27(22)29-24)26-21-11-5-4-10-19(21)16-17-28-26;1-14(2)11-16-12-17(15-9-7-6-8-10-15)19-13-18(16)20(3,4)5;/h1-3,6-9,12-13,15-17H,4-5,10-11H2;6-9,12-14H,11H2,1-5H3;/q2*-1;. The van der Waals surface area contributed by atoms with Crippen molar-refractivity contribution in [2.45, 2.75) is 65.6 Å². The van der Waals surface area contributed by atoms with E-state index in [-0.39, 0.29) is 20.1 Å². The molecule has 0 spiro atoms. The Labute approximate surface area is 316 Å². The first kappa shape index (κ1) is 36.1. The van der Waals surface area contributed by atoms with Crippen molar-refractivity contribution >= 4 is 44.8 Å². The van der Waals surface area contributed by atoms with Crippen LogP contribution in [-0.4, -0.2) is 18.0 Å². The molecule has 0 amide bonds. The minimum Gasteiger partial charge on any atom is -0.305 e. The summed E-state index contributed by atoms with van der Waals surface area (Å²) in [5, 5.41) is 4.15. The van der Waals surface area contributed by atoms with Gasteiger partial charge in [0.2, 0.25) is 0 Å². The molecular weight excluding hydrogens is 821 g/mol. The van der Waals surface area contributed by atoms with Gasteiger partial charge in [-0.1, -0.05) is 104 Å². The summed E-state index contributed by atoms with van der Waals surface area (Å²) in [5.41, 5.74) is 11.4. The predicted molar refractivity (Wildman–Crippen MR) is 214 cm³/mol. The van der Waals surface area contributed by atoms with Crippen LogP contribution >= 0.6 is 11.3 Å². The van der Waals surface area contributed by atoms with E-state index in [0.29, 0.717) is 5.92 Å². The molecule has 0 saturated carbocycles. The van der Waals surface area contributed by atoms with E-state index in [0.717, 1.165) is 29.8 Å². The molecule has 0 saturated heterocycles. The van der Waals surface area contributed by atoms with E-state index in [9.17, 15) is 0 Å². The van der Waals surface area contributed by atoms with Gasteiger partial charge in [0.05, 0.1) is 8.07 Å². The molecule has 0 atom stereocenters. The Kier molecular flexibility index (Phi) is 11.3. The minimum absolute atomic E-state index is 0. The zero-order chi connectivity index (χ0) is 34.0. The third-order valence-corrected chi connectivity index (χ3v) is 12.7. The number of aromatic nitrogens is 2. The molecule has 255 valence electrons. The molecule has 1 aliphatic rings. The van der Waals surface area contributed by atoms with Gasteiger partial charge in [-0.15, -0.1) is 59.7 Å². The van der Waals surface area contributed by atoms with Crippen LogP contribution in [0.5, 0.6) is 0 Å². The maximum absolute atomic E-state index is 4.84. The monoisotopic (exact) mass is 865 g/mol. The molecule has 4 aromatic carbocycles. The summed E-state index contributed by atoms with van der Waals surface area (Å²) < 4.78 is 2.63. The van der Waals surface area contributed by atoms with Gasteiger partial charge in [0.1, 0.15) is 0 Å². The maximum atomic E-state index is 4.84. The van der Waals surface area contributed by atoms with Gasteiger partial charge in [-0.2, -0.15) is 11.3 Å². The zero-order valence-corrected chi connectivity index (χ0v) is 33.9. The fraction of sp³-hybridized carbons (Fsp3) is 0.244. The van der Waals surface area contributed by atoms with Crippen molar-refractivity contribution in [3.63, 3.8) is 0 Å². The third kappa shape index (κ3) is 7.62. The summed E-state index contributed by atoms with van der Waals surface area (Å²) in [6.45, 7) is 11.7. The van der Waals surface area contributed by atoms with Gasteiger partial charge in [0.25, 0.3) is 0 Å². The van der Waals surface area contributed by atoms with E-state index in [2.05, 4.69) is 136 Å². The quantitative estimate of drug-likeness (QED) is 0.123. The fourth-order valence-corrected chi connectivity index (χ4v) is 10.0. The summed E-state index contributed by atoms with van der Waals surface area (Å²) in [6.07, 6.45) is 10.1. The van der Waals surface area contributed by atoms with Crippen LogP contribution in [0.1, 0.15) is 43.4 Å². The molecular formula is C45H44IrN2SSi-2. The first-order chi connectivity index (χ1) is 23.8. The van der Waals surface area contributed by atoms with Gasteiger partial charge in [0.15, 0.2) is 0 Å². The van der Waals surface area contributed by atoms with Crippen LogP contribution < -0.4 is 5.19 Å². The van der Waals surface area contributed by atoms with Crippen molar-refractivity contribution in [3.8, 4) is 33.6 Å². The fourth-order valence-electron chi connectivity index (χ4n) is 7.18. The average molecular weight is 865 g/mol. The van der Waals surface area contributed by atoms with E-state index in [1.807, 2.05) is 35.7 Å². The molecule has 0 N–H and O–H groups in total. The van der Waals surface area contributed by atoms with Crippen LogP contribution in [0.15, 0.2) is 109 Å². The van der Waals surface area contributed by atoms with Crippen LogP contribution in [0.2, 0.25) is 19.6 Å². The number of hydrogen-bond acceptors (Lipinski definition) is 3. The van der Waals surface area contributed by atoms with Gasteiger partial charge in [-0.25, -0.2) is 0 Å². The zero-order valence-electron chi connectivity index (χ0n) is 29.6. The number of nitrogens with zero attached hydrogens (tertiary/aromatic N) is 2. The van der Waals surface area contributed by atoms with Gasteiger partial charge >= 0.3 is 0 Å². The van der Waals surface area contributed by atoms with Gasteiger partial charge < -0.3 is 9.97 Å². The van der Waals surface area contributed by atoms with E-state index in [1.54, 1.807) is 0 Å². The third-order valence-electron chi connectivity index (χ3n) is 9.47. The Morgan fingerprint density at radius 2 is 1.62 bits per heavy atom. The summed E-state index contributed by atoms with van der Waals surface area (Å²) in [5.74, 6) is 0.667. The van der Waals surface area contributed by atoms with Crippen LogP contribution in [0, 0.1) is 18.1 Å². The number of benzene rings is 4. The van der Waals surface area contributed by atoms with Crippen LogP contribution in [0.25, 0.3) is 53.8 Å². The Bertz CT molecular complexity index is 2220. The number of hydrogen-bond donors (Lipinski definition) is 0. The van der Waals surface area contributed by atoms with Crippen molar-refractivity contribution in [3.05, 3.63) is 138 Å². The Hall–Kier alpha value is -3.73. The second kappa shape index (κ2) is 15.7. The normalized spacial score (nSPS) is 12.7. The van der Waals surface area contributed by atoms with Crippen LogP contribution in [-0.2, 0) is 39.4 Å². The minimum atomic E-state index is -1.34. The van der Waals surface area contributed by atoms with Crippen molar-refractivity contribution in [1.29, 1.82) is 0 Å². The molecule has 0 fully saturated rings. The SMILES string of the molecule is CC(C)Cc1cc(-c2[c-]cccc2)ncc1[Si](C)(C)C.[Ir].[c-]1ccc2c(sc3cccc(-c4ccccc4)c32)c1-c1nccc2c1CCCC2. The first-order valence-corrected chi connectivity index (χ1v) is 21.9. The molecule has 3 heterocycles. The van der Waals surface area contributed by atoms with E-state index in [1.165, 1.54) is 78.0 Å². The molecule has 3 aromatic heterocycles. The summed E-state index contributed by atoms with van der Waals surface area (Å²) in [4.78, 5) is 9.53. The molecule has 1 radical (unpaired) electrons. The van der Waals surface area contributed by atoms with E-state index < -0.39 is 8.07 Å². The van der Waals surface area contributed by atoms with Crippen LogP contribution in [0.3, 0.4) is 0 Å². The van der Waals surface area contributed by atoms with Crippen LogP contribution in [0.4, 0.5) is 0 Å².